The number of carbonyl (C=O) groups is 1. The summed E-state index contributed by atoms with van der Waals surface area (Å²) >= 11 is 3.28. The number of esters is 1. The summed E-state index contributed by atoms with van der Waals surface area (Å²) in [7, 11) is 1.40. The van der Waals surface area contributed by atoms with E-state index in [0.717, 1.165) is 45.6 Å². The molecule has 0 aliphatic carbocycles. The summed E-state index contributed by atoms with van der Waals surface area (Å²) in [4.78, 5) is 24.7. The molecule has 0 unspecified atom stereocenters. The van der Waals surface area contributed by atoms with Crippen LogP contribution in [0.2, 0.25) is 0 Å². The molecular weight excluding hydrogens is 294 g/mol. The van der Waals surface area contributed by atoms with Crippen molar-refractivity contribution in [1.29, 1.82) is 0 Å². The molecule has 3 rings (SSSR count). The van der Waals surface area contributed by atoms with Crippen LogP contribution in [-0.4, -0.2) is 41.2 Å². The first kappa shape index (κ1) is 13.6. The Morgan fingerprint density at radius 3 is 2.80 bits per heavy atom. The third-order valence-electron chi connectivity index (χ3n) is 3.31. The molecule has 0 bridgehead atoms. The molecule has 0 spiro atoms. The molecule has 1 aliphatic heterocycles. The van der Waals surface area contributed by atoms with Gasteiger partial charge in [0.25, 0.3) is 0 Å². The molecule has 20 heavy (non-hydrogen) atoms. The zero-order valence-corrected chi connectivity index (χ0v) is 13.2. The number of fused-ring (bicyclic) bond motifs is 1. The minimum absolute atomic E-state index is 0.301. The van der Waals surface area contributed by atoms with E-state index in [1.165, 1.54) is 18.4 Å². The Balaban J connectivity index is 2.23. The van der Waals surface area contributed by atoms with Gasteiger partial charge in [-0.1, -0.05) is 0 Å². The summed E-state index contributed by atoms with van der Waals surface area (Å²) in [6, 6.07) is 0. The Labute approximate surface area is 125 Å². The number of thiophene rings is 1. The van der Waals surface area contributed by atoms with E-state index in [4.69, 9.17) is 4.74 Å². The van der Waals surface area contributed by atoms with Gasteiger partial charge in [-0.3, -0.25) is 0 Å². The monoisotopic (exact) mass is 309 g/mol. The van der Waals surface area contributed by atoms with Crippen molar-refractivity contribution in [1.82, 2.24) is 9.97 Å². The molecule has 0 saturated carbocycles. The topological polar surface area (TPSA) is 55.3 Å². The quantitative estimate of drug-likeness (QED) is 0.795. The molecule has 5 nitrogen and oxygen atoms in total. The minimum atomic E-state index is -0.301. The van der Waals surface area contributed by atoms with Crippen LogP contribution < -0.4 is 4.90 Å². The number of hydrogen-bond acceptors (Lipinski definition) is 7. The maximum absolute atomic E-state index is 11.8. The molecule has 0 radical (unpaired) electrons. The highest BCUT2D eigenvalue weighted by atomic mass is 32.2. The lowest BCUT2D eigenvalue weighted by molar-refractivity contribution is 0.0605. The van der Waals surface area contributed by atoms with E-state index < -0.39 is 0 Å². The van der Waals surface area contributed by atoms with Gasteiger partial charge in [-0.2, -0.15) is 0 Å². The van der Waals surface area contributed by atoms with Crippen molar-refractivity contribution in [2.45, 2.75) is 13.8 Å². The zero-order chi connectivity index (χ0) is 14.3. The van der Waals surface area contributed by atoms with Gasteiger partial charge in [0.1, 0.15) is 21.3 Å². The van der Waals surface area contributed by atoms with Crippen LogP contribution in [0.25, 0.3) is 10.2 Å². The molecule has 1 saturated heterocycles. The normalized spacial score (nSPS) is 15.1. The van der Waals surface area contributed by atoms with Gasteiger partial charge in [0, 0.05) is 12.3 Å². The molecule has 2 aromatic heterocycles. The Morgan fingerprint density at radius 2 is 2.15 bits per heavy atom. The molecule has 1 fully saturated rings. The lowest BCUT2D eigenvalue weighted by Crippen LogP contribution is -2.20. The lowest BCUT2D eigenvalue weighted by atomic mass is 10.2. The van der Waals surface area contributed by atoms with Crippen molar-refractivity contribution in [3.8, 4) is 0 Å². The Morgan fingerprint density at radius 1 is 1.35 bits per heavy atom. The van der Waals surface area contributed by atoms with E-state index in [2.05, 4.69) is 14.9 Å². The first-order valence-corrected chi connectivity index (χ1v) is 8.27. The molecular formula is C13H15N3O2S2. The molecule has 0 amide bonds. The van der Waals surface area contributed by atoms with Gasteiger partial charge in [0.05, 0.1) is 18.4 Å². The fourth-order valence-corrected chi connectivity index (χ4v) is 4.41. The van der Waals surface area contributed by atoms with E-state index >= 15 is 0 Å². The maximum atomic E-state index is 11.8. The number of carbonyl (C=O) groups excluding carboxylic acids is 1. The second-order valence-electron chi connectivity index (χ2n) is 4.62. The van der Waals surface area contributed by atoms with Gasteiger partial charge >= 0.3 is 5.97 Å². The first-order valence-electron chi connectivity index (χ1n) is 6.30. The van der Waals surface area contributed by atoms with E-state index in [9.17, 15) is 4.79 Å². The Bertz CT molecular complexity index is 678. The number of ether oxygens (including phenoxy) is 1. The zero-order valence-electron chi connectivity index (χ0n) is 11.6. The van der Waals surface area contributed by atoms with Gasteiger partial charge in [-0.05, 0) is 19.4 Å². The fourth-order valence-electron chi connectivity index (χ4n) is 2.32. The lowest BCUT2D eigenvalue weighted by Gasteiger charge is -2.17. The maximum Gasteiger partial charge on any atom is 0.348 e. The Hall–Kier alpha value is -1.34. The highest BCUT2D eigenvalue weighted by Crippen LogP contribution is 2.37. The number of nitrogens with zero attached hydrogens (tertiary/aromatic N) is 3. The van der Waals surface area contributed by atoms with Gasteiger partial charge in [0.15, 0.2) is 0 Å². The number of methoxy groups -OCH3 is 1. The van der Waals surface area contributed by atoms with Crippen LogP contribution in [0.3, 0.4) is 0 Å². The Kier molecular flexibility index (Phi) is 3.55. The first-order chi connectivity index (χ1) is 9.61. The van der Waals surface area contributed by atoms with Gasteiger partial charge < -0.3 is 9.64 Å². The second kappa shape index (κ2) is 5.21. The number of hydrogen-bond donors (Lipinski definition) is 0. The van der Waals surface area contributed by atoms with Crippen LogP contribution in [0.4, 0.5) is 5.82 Å². The van der Waals surface area contributed by atoms with Crippen LogP contribution >= 0.6 is 23.1 Å². The SMILES string of the molecule is COC(=O)c1sc2nc(C)nc(N3CCSC3)c2c1C. The van der Waals surface area contributed by atoms with Gasteiger partial charge in [0.2, 0.25) is 0 Å². The highest BCUT2D eigenvalue weighted by Gasteiger charge is 2.24. The van der Waals surface area contributed by atoms with E-state index in [0.29, 0.717) is 4.88 Å². The van der Waals surface area contributed by atoms with E-state index in [1.807, 2.05) is 25.6 Å². The fraction of sp³-hybridized carbons (Fsp3) is 0.462. The standard InChI is InChI=1S/C13H15N3O2S2/c1-7-9-11(16-4-5-19-6-16)14-8(2)15-12(9)20-10(7)13(17)18-3/h4-6H2,1-3H3. The summed E-state index contributed by atoms with van der Waals surface area (Å²) < 4.78 is 4.85. The van der Waals surface area contributed by atoms with Crippen LogP contribution in [0.1, 0.15) is 21.1 Å². The average Bonchev–Trinajstić information content (AvgIpc) is 3.05. The number of aromatic nitrogens is 2. The molecule has 106 valence electrons. The molecule has 0 aromatic carbocycles. The van der Waals surface area contributed by atoms with Crippen LogP contribution in [0.15, 0.2) is 0 Å². The number of anilines is 1. The van der Waals surface area contributed by atoms with Crippen molar-refractivity contribution in [3.05, 3.63) is 16.3 Å². The number of aryl methyl sites for hydroxylation is 2. The van der Waals surface area contributed by atoms with Crippen molar-refractivity contribution in [3.63, 3.8) is 0 Å². The summed E-state index contributed by atoms with van der Waals surface area (Å²) in [6.45, 7) is 4.81. The second-order valence-corrected chi connectivity index (χ2v) is 6.70. The van der Waals surface area contributed by atoms with Crippen LogP contribution in [0, 0.1) is 13.8 Å². The molecule has 0 N–H and O–H groups in total. The third kappa shape index (κ3) is 2.14. The van der Waals surface area contributed by atoms with Crippen molar-refractivity contribution in [2.75, 3.05) is 30.2 Å². The van der Waals surface area contributed by atoms with Gasteiger partial charge in [-0.15, -0.1) is 23.1 Å². The molecule has 7 heteroatoms. The molecule has 2 aromatic rings. The van der Waals surface area contributed by atoms with Crippen molar-refractivity contribution in [2.24, 2.45) is 0 Å². The third-order valence-corrected chi connectivity index (χ3v) is 5.44. The van der Waals surface area contributed by atoms with E-state index in [-0.39, 0.29) is 5.97 Å². The van der Waals surface area contributed by atoms with Crippen LogP contribution in [0.5, 0.6) is 0 Å². The summed E-state index contributed by atoms with van der Waals surface area (Å²) in [5, 5.41) is 0.989. The van der Waals surface area contributed by atoms with Gasteiger partial charge in [-0.25, -0.2) is 14.8 Å². The summed E-state index contributed by atoms with van der Waals surface area (Å²) in [5.41, 5.74) is 0.920. The minimum Gasteiger partial charge on any atom is -0.465 e. The number of rotatable bonds is 2. The summed E-state index contributed by atoms with van der Waals surface area (Å²) in [5.74, 6) is 3.43. The molecule has 0 atom stereocenters. The van der Waals surface area contributed by atoms with Crippen molar-refractivity contribution < 1.29 is 9.53 Å². The van der Waals surface area contributed by atoms with Crippen molar-refractivity contribution >= 4 is 45.1 Å². The molecule has 1 aliphatic rings. The van der Waals surface area contributed by atoms with Crippen LogP contribution in [-0.2, 0) is 4.74 Å². The average molecular weight is 309 g/mol. The molecule has 3 heterocycles. The predicted molar refractivity (Wildman–Crippen MR) is 82.9 cm³/mol. The highest BCUT2D eigenvalue weighted by molar-refractivity contribution is 7.99. The van der Waals surface area contributed by atoms with E-state index in [1.54, 1.807) is 0 Å². The smallest absolute Gasteiger partial charge is 0.348 e. The summed E-state index contributed by atoms with van der Waals surface area (Å²) in [6.07, 6.45) is 0. The number of thioether (sulfide) groups is 1. The predicted octanol–water partition coefficient (Wildman–Crippen LogP) is 2.61. The largest absolute Gasteiger partial charge is 0.465 e.